The second-order valence-electron chi connectivity index (χ2n) is 13.8. The maximum absolute atomic E-state index is 12.4. The number of rotatable bonds is 13. The van der Waals surface area contributed by atoms with Gasteiger partial charge in [0.05, 0.1) is 13.7 Å². The van der Waals surface area contributed by atoms with E-state index in [4.69, 9.17) is 18.8 Å². The van der Waals surface area contributed by atoms with E-state index in [1.165, 1.54) is 0 Å². The van der Waals surface area contributed by atoms with Crippen molar-refractivity contribution >= 4 is 34.0 Å². The quantitative estimate of drug-likeness (QED) is 0.0851. The highest BCUT2D eigenvalue weighted by Gasteiger charge is 2.37. The van der Waals surface area contributed by atoms with E-state index in [1.807, 2.05) is 68.4 Å². The monoisotopic (exact) mass is 767 g/mol. The normalized spacial score (nSPS) is 15.0. The van der Waals surface area contributed by atoms with Crippen molar-refractivity contribution in [2.45, 2.75) is 52.0 Å². The molecule has 4 N–H and O–H groups in total. The molecule has 288 valence electrons. The molecule has 1 aliphatic rings. The van der Waals surface area contributed by atoms with Crippen LogP contribution < -0.4 is 23.3 Å². The molecule has 4 aromatic carbocycles. The van der Waals surface area contributed by atoms with Crippen LogP contribution in [0.15, 0.2) is 96.2 Å². The fraction of sp³-hybridized carbons (Fsp3) is 0.300. The number of aromatic nitrogens is 4. The van der Waals surface area contributed by atoms with E-state index >= 15 is 0 Å². The fourth-order valence-electron chi connectivity index (χ4n) is 6.57. The zero-order valence-electron chi connectivity index (χ0n) is 31.4. The third-order valence-electron chi connectivity index (χ3n) is 9.34. The van der Waals surface area contributed by atoms with Crippen LogP contribution in [0.3, 0.4) is 0 Å². The smallest absolute Gasteiger partial charge is 0.316 e. The topological polar surface area (TPSA) is 176 Å². The number of anilines is 2. The van der Waals surface area contributed by atoms with Gasteiger partial charge in [0, 0.05) is 47.6 Å². The van der Waals surface area contributed by atoms with Crippen LogP contribution in [0.2, 0.25) is 0 Å². The van der Waals surface area contributed by atoms with Gasteiger partial charge in [-0.1, -0.05) is 24.3 Å². The fourth-order valence-corrected chi connectivity index (χ4v) is 7.29. The Morgan fingerprint density at radius 2 is 1.75 bits per heavy atom. The van der Waals surface area contributed by atoms with Gasteiger partial charge in [-0.25, -0.2) is 4.98 Å². The number of methoxy groups -OCH3 is 1. The van der Waals surface area contributed by atoms with Gasteiger partial charge in [-0.3, -0.25) is 9.82 Å². The van der Waals surface area contributed by atoms with Gasteiger partial charge < -0.3 is 28.8 Å². The Balaban J connectivity index is 0.000000219. The molecule has 6 aromatic rings. The Hall–Kier alpha value is -5.77. The second kappa shape index (κ2) is 17.1. The van der Waals surface area contributed by atoms with Crippen molar-refractivity contribution in [2.24, 2.45) is 5.18 Å². The van der Waals surface area contributed by atoms with Crippen LogP contribution in [0.1, 0.15) is 49.3 Å². The Morgan fingerprint density at radius 1 is 0.982 bits per heavy atom. The number of aromatic amines is 1. The average molecular weight is 768 g/mol. The molecule has 0 saturated carbocycles. The summed E-state index contributed by atoms with van der Waals surface area (Å²) >= 11 is -1.73. The molecule has 0 amide bonds. The summed E-state index contributed by atoms with van der Waals surface area (Å²) in [4.78, 5) is 17.5. The highest BCUT2D eigenvalue weighted by Crippen LogP contribution is 2.44. The van der Waals surface area contributed by atoms with Crippen molar-refractivity contribution in [1.82, 2.24) is 19.8 Å². The molecular formula is C40H45N7O7S. The first-order chi connectivity index (χ1) is 26.5. The lowest BCUT2D eigenvalue weighted by Gasteiger charge is -2.48. The van der Waals surface area contributed by atoms with Gasteiger partial charge in [0.1, 0.15) is 11.4 Å². The van der Waals surface area contributed by atoms with Crippen molar-refractivity contribution in [3.05, 3.63) is 113 Å². The first-order valence-electron chi connectivity index (χ1n) is 17.8. The van der Waals surface area contributed by atoms with Crippen molar-refractivity contribution in [3.8, 4) is 34.5 Å². The molecule has 0 aliphatic carbocycles. The standard InChI is InChI=1S/C25H23N5O4S.C15H22N2O3/c1-16-8-9-17(2)22(14-16)34-35(31)29-19-12-10-18(11-13-19)25-26-23-15-24(27-30(23)28-25)33-21-7-5-4-6-20(21)32-3;1-15(2)9-11(10-19)13-8-12(16-20)4-5-14(13)17(15)6-3-7-18/h4-15,29H,1-3H3,(H,26,28);4-5,8,11,18-19H,3,6-7,9-10H2,1-2H3. The molecule has 0 bridgehead atoms. The first kappa shape index (κ1) is 38.9. The summed E-state index contributed by atoms with van der Waals surface area (Å²) < 4.78 is 33.5. The zero-order chi connectivity index (χ0) is 39.1. The van der Waals surface area contributed by atoms with Crippen LogP contribution in [0.4, 0.5) is 17.1 Å². The van der Waals surface area contributed by atoms with Gasteiger partial charge in [0.2, 0.25) is 5.88 Å². The molecular weight excluding hydrogens is 723 g/mol. The lowest BCUT2D eigenvalue weighted by Crippen LogP contribution is -2.49. The van der Waals surface area contributed by atoms with Crippen LogP contribution in [0, 0.1) is 18.8 Å². The van der Waals surface area contributed by atoms with Gasteiger partial charge in [0.25, 0.3) is 0 Å². The number of para-hydroxylation sites is 2. The minimum atomic E-state index is -1.73. The summed E-state index contributed by atoms with van der Waals surface area (Å²) in [6.07, 6.45) is 1.50. The molecule has 2 unspecified atom stereocenters. The molecule has 14 nitrogen and oxygen atoms in total. The van der Waals surface area contributed by atoms with E-state index in [1.54, 1.807) is 48.1 Å². The minimum Gasteiger partial charge on any atom is -0.493 e. The Morgan fingerprint density at radius 3 is 2.44 bits per heavy atom. The van der Waals surface area contributed by atoms with Crippen molar-refractivity contribution in [1.29, 1.82) is 0 Å². The first-order valence-corrected chi connectivity index (χ1v) is 18.9. The van der Waals surface area contributed by atoms with E-state index in [2.05, 4.69) is 43.8 Å². The maximum Gasteiger partial charge on any atom is 0.316 e. The number of ether oxygens (including phenoxy) is 2. The molecule has 2 aromatic heterocycles. The molecule has 7 rings (SSSR count). The van der Waals surface area contributed by atoms with Crippen LogP contribution in [-0.4, -0.2) is 66.6 Å². The number of hydrogen-bond donors (Lipinski definition) is 4. The Kier molecular flexibility index (Phi) is 12.1. The van der Waals surface area contributed by atoms with E-state index in [0.717, 1.165) is 40.9 Å². The van der Waals surface area contributed by atoms with E-state index in [0.29, 0.717) is 52.4 Å². The third-order valence-corrected chi connectivity index (χ3v) is 10.1. The average Bonchev–Trinajstić information content (AvgIpc) is 3.75. The summed E-state index contributed by atoms with van der Waals surface area (Å²) in [6.45, 7) is 9.12. The van der Waals surface area contributed by atoms with Gasteiger partial charge in [-0.05, 0) is 123 Å². The van der Waals surface area contributed by atoms with Gasteiger partial charge in [0.15, 0.2) is 23.0 Å². The number of nitrogens with one attached hydrogen (secondary N) is 2. The molecule has 0 saturated heterocycles. The van der Waals surface area contributed by atoms with E-state index in [-0.39, 0.29) is 24.7 Å². The SMILES string of the molecule is CC1(C)CC(CO)c2cc(N=O)ccc2N1CCCO.COc1ccccc1Oc1cc2nc(-c3ccc(NS(=O)Oc4cc(C)ccc4C)cc3)[nH]n2n1. The number of aryl methyl sites for hydroxylation is 2. The predicted octanol–water partition coefficient (Wildman–Crippen LogP) is 7.74. The number of nitrogens with zero attached hydrogens (tertiary/aromatic N) is 5. The summed E-state index contributed by atoms with van der Waals surface area (Å²) in [5.41, 5.74) is 6.36. The minimum absolute atomic E-state index is 0.0204. The van der Waals surface area contributed by atoms with Gasteiger partial charge >= 0.3 is 11.3 Å². The molecule has 3 heterocycles. The number of nitroso groups, excluding NO2 is 1. The molecule has 15 heteroatoms. The van der Waals surface area contributed by atoms with Crippen molar-refractivity contribution in [3.63, 3.8) is 0 Å². The molecule has 0 fully saturated rings. The van der Waals surface area contributed by atoms with Crippen LogP contribution in [0.25, 0.3) is 17.0 Å². The maximum atomic E-state index is 12.4. The Labute approximate surface area is 321 Å². The zero-order valence-corrected chi connectivity index (χ0v) is 32.2. The Bertz CT molecular complexity index is 2240. The van der Waals surface area contributed by atoms with Crippen LogP contribution in [-0.2, 0) is 11.3 Å². The van der Waals surface area contributed by atoms with E-state index in [9.17, 15) is 14.2 Å². The number of aliphatic hydroxyl groups is 2. The highest BCUT2D eigenvalue weighted by atomic mass is 32.2. The number of fused-ring (bicyclic) bond motifs is 2. The number of benzene rings is 4. The number of hydrogen-bond acceptors (Lipinski definition) is 11. The van der Waals surface area contributed by atoms with Crippen molar-refractivity contribution < 1.29 is 28.1 Å². The second-order valence-corrected chi connectivity index (χ2v) is 14.6. The van der Waals surface area contributed by atoms with Gasteiger partial charge in [-0.15, -0.1) is 10.0 Å². The van der Waals surface area contributed by atoms with Crippen LogP contribution >= 0.6 is 0 Å². The number of aliphatic hydroxyl groups excluding tert-OH is 2. The van der Waals surface area contributed by atoms with E-state index < -0.39 is 11.3 Å². The van der Waals surface area contributed by atoms with Gasteiger partial charge in [-0.2, -0.15) is 8.84 Å². The van der Waals surface area contributed by atoms with Crippen molar-refractivity contribution in [2.75, 3.05) is 36.5 Å². The summed E-state index contributed by atoms with van der Waals surface area (Å²) in [5, 5.41) is 29.2. The summed E-state index contributed by atoms with van der Waals surface area (Å²) in [7, 11) is 1.59. The lowest BCUT2D eigenvalue weighted by atomic mass is 9.79. The highest BCUT2D eigenvalue weighted by molar-refractivity contribution is 7.82. The largest absolute Gasteiger partial charge is 0.493 e. The summed E-state index contributed by atoms with van der Waals surface area (Å²) in [5.74, 6) is 2.82. The molecule has 2 atom stereocenters. The summed E-state index contributed by atoms with van der Waals surface area (Å²) in [6, 6.07) is 27.6. The van der Waals surface area contributed by atoms with Crippen LogP contribution in [0.5, 0.6) is 23.1 Å². The third kappa shape index (κ3) is 9.13. The lowest BCUT2D eigenvalue weighted by molar-refractivity contribution is 0.226. The molecule has 1 aliphatic heterocycles. The molecule has 0 radical (unpaired) electrons. The number of H-pyrrole nitrogens is 1. The predicted molar refractivity (Wildman–Crippen MR) is 214 cm³/mol. The molecule has 55 heavy (non-hydrogen) atoms. The molecule has 0 spiro atoms.